The van der Waals surface area contributed by atoms with E-state index >= 15 is 0 Å². The van der Waals surface area contributed by atoms with E-state index in [1.807, 2.05) is 0 Å². The normalized spacial score (nSPS) is 16.9. The SMILES string of the molecule is NC(=O)N1CCCCC1.NS(N)(=O)=O. The Morgan fingerprint density at radius 1 is 1.07 bits per heavy atom. The second-order valence-corrected chi connectivity index (χ2v) is 4.15. The third-order valence-corrected chi connectivity index (χ3v) is 1.67. The first kappa shape index (κ1) is 13.1. The molecule has 7 nitrogen and oxygen atoms in total. The molecule has 0 aromatic rings. The number of piperidine rings is 1. The molecule has 0 radical (unpaired) electrons. The Labute approximate surface area is 83.4 Å². The highest BCUT2D eigenvalue weighted by atomic mass is 32.2. The Morgan fingerprint density at radius 2 is 1.43 bits per heavy atom. The fourth-order valence-electron chi connectivity index (χ4n) is 1.11. The molecule has 0 atom stereocenters. The number of carbonyl (C=O) groups excluding carboxylic acids is 1. The van der Waals surface area contributed by atoms with Crippen molar-refractivity contribution < 1.29 is 13.2 Å². The van der Waals surface area contributed by atoms with Crippen molar-refractivity contribution in [3.05, 3.63) is 0 Å². The number of likely N-dealkylation sites (tertiary alicyclic amines) is 1. The summed E-state index contributed by atoms with van der Waals surface area (Å²) in [7, 11) is -3.67. The lowest BCUT2D eigenvalue weighted by Gasteiger charge is -2.24. The zero-order chi connectivity index (χ0) is 11.2. The quantitative estimate of drug-likeness (QED) is 0.472. The summed E-state index contributed by atoms with van der Waals surface area (Å²) in [6, 6.07) is -0.269. The van der Waals surface area contributed by atoms with E-state index in [1.54, 1.807) is 4.90 Å². The van der Waals surface area contributed by atoms with Crippen LogP contribution in [-0.4, -0.2) is 32.4 Å². The van der Waals surface area contributed by atoms with Gasteiger partial charge in [-0.3, -0.25) is 0 Å². The van der Waals surface area contributed by atoms with E-state index in [0.717, 1.165) is 25.9 Å². The highest BCUT2D eigenvalue weighted by Gasteiger charge is 2.11. The van der Waals surface area contributed by atoms with E-state index in [4.69, 9.17) is 5.73 Å². The highest BCUT2D eigenvalue weighted by Crippen LogP contribution is 2.06. The molecule has 1 heterocycles. The van der Waals surface area contributed by atoms with Crippen LogP contribution in [0.15, 0.2) is 0 Å². The fraction of sp³-hybridized carbons (Fsp3) is 0.833. The van der Waals surface area contributed by atoms with Crippen molar-refractivity contribution in [2.24, 2.45) is 16.0 Å². The van der Waals surface area contributed by atoms with Crippen molar-refractivity contribution in [2.75, 3.05) is 13.1 Å². The molecule has 1 aliphatic rings. The van der Waals surface area contributed by atoms with Crippen LogP contribution in [0.3, 0.4) is 0 Å². The minimum absolute atomic E-state index is 0.269. The fourth-order valence-corrected chi connectivity index (χ4v) is 1.11. The Hall–Kier alpha value is -0.860. The number of rotatable bonds is 0. The number of nitrogens with zero attached hydrogens (tertiary/aromatic N) is 1. The molecule has 84 valence electrons. The van der Waals surface area contributed by atoms with Gasteiger partial charge in [-0.25, -0.2) is 15.1 Å². The van der Waals surface area contributed by atoms with Crippen LogP contribution in [0.25, 0.3) is 0 Å². The predicted molar refractivity (Wildman–Crippen MR) is 52.3 cm³/mol. The van der Waals surface area contributed by atoms with Gasteiger partial charge in [0, 0.05) is 13.1 Å². The number of urea groups is 1. The van der Waals surface area contributed by atoms with Gasteiger partial charge in [0.15, 0.2) is 0 Å². The first-order chi connectivity index (χ1) is 6.30. The molecule has 0 spiro atoms. The monoisotopic (exact) mass is 224 g/mol. The molecule has 8 heteroatoms. The zero-order valence-electron chi connectivity index (χ0n) is 7.85. The largest absolute Gasteiger partial charge is 0.351 e. The number of carbonyl (C=O) groups is 1. The van der Waals surface area contributed by atoms with Crippen molar-refractivity contribution in [1.82, 2.24) is 4.90 Å². The first-order valence-electron chi connectivity index (χ1n) is 4.15. The van der Waals surface area contributed by atoms with E-state index in [2.05, 4.69) is 10.3 Å². The van der Waals surface area contributed by atoms with Crippen LogP contribution in [0.2, 0.25) is 0 Å². The molecule has 1 aliphatic heterocycles. The Balaban J connectivity index is 0.000000292. The average molecular weight is 224 g/mol. The van der Waals surface area contributed by atoms with Crippen molar-refractivity contribution >= 4 is 16.2 Å². The molecular formula is C6H16N4O3S. The van der Waals surface area contributed by atoms with Gasteiger partial charge in [0.2, 0.25) is 0 Å². The maximum absolute atomic E-state index is 10.5. The first-order valence-corrected chi connectivity index (χ1v) is 5.76. The minimum Gasteiger partial charge on any atom is -0.351 e. The van der Waals surface area contributed by atoms with Crippen molar-refractivity contribution in [3.8, 4) is 0 Å². The molecule has 0 saturated carbocycles. The molecular weight excluding hydrogens is 208 g/mol. The van der Waals surface area contributed by atoms with Gasteiger partial charge in [-0.05, 0) is 19.3 Å². The van der Waals surface area contributed by atoms with Crippen LogP contribution in [0, 0.1) is 0 Å². The van der Waals surface area contributed by atoms with E-state index in [0.29, 0.717) is 0 Å². The second kappa shape index (κ2) is 5.78. The molecule has 0 aromatic heterocycles. The van der Waals surface area contributed by atoms with Crippen LogP contribution < -0.4 is 16.0 Å². The lowest BCUT2D eigenvalue weighted by Crippen LogP contribution is -2.39. The Kier molecular flexibility index (Phi) is 5.43. The lowest BCUT2D eigenvalue weighted by atomic mass is 10.1. The molecule has 1 fully saturated rings. The molecule has 6 N–H and O–H groups in total. The van der Waals surface area contributed by atoms with Crippen LogP contribution in [0.4, 0.5) is 4.79 Å². The lowest BCUT2D eigenvalue weighted by molar-refractivity contribution is 0.196. The summed E-state index contributed by atoms with van der Waals surface area (Å²) in [5, 5.41) is 8.21. The minimum atomic E-state index is -3.67. The number of primary amides is 1. The van der Waals surface area contributed by atoms with Gasteiger partial charge >= 0.3 is 6.03 Å². The van der Waals surface area contributed by atoms with E-state index in [1.165, 1.54) is 6.42 Å². The van der Waals surface area contributed by atoms with Crippen LogP contribution in [0.5, 0.6) is 0 Å². The second-order valence-electron chi connectivity index (χ2n) is 2.97. The average Bonchev–Trinajstić information content (AvgIpc) is 2.03. The Morgan fingerprint density at radius 3 is 1.64 bits per heavy atom. The summed E-state index contributed by atoms with van der Waals surface area (Å²) in [5.41, 5.74) is 5.05. The summed E-state index contributed by atoms with van der Waals surface area (Å²) in [6.45, 7) is 1.71. The number of hydrogen-bond acceptors (Lipinski definition) is 3. The zero-order valence-corrected chi connectivity index (χ0v) is 8.66. The molecule has 0 unspecified atom stereocenters. The van der Waals surface area contributed by atoms with Crippen molar-refractivity contribution in [1.29, 1.82) is 0 Å². The van der Waals surface area contributed by atoms with Gasteiger partial charge < -0.3 is 10.6 Å². The van der Waals surface area contributed by atoms with Crippen molar-refractivity contribution in [2.45, 2.75) is 19.3 Å². The molecule has 0 aliphatic carbocycles. The number of amides is 2. The summed E-state index contributed by atoms with van der Waals surface area (Å²) in [6.07, 6.45) is 3.47. The highest BCUT2D eigenvalue weighted by molar-refractivity contribution is 7.86. The van der Waals surface area contributed by atoms with Crippen LogP contribution in [-0.2, 0) is 10.2 Å². The van der Waals surface area contributed by atoms with Gasteiger partial charge in [-0.2, -0.15) is 8.42 Å². The smallest absolute Gasteiger partial charge is 0.314 e. The maximum atomic E-state index is 10.5. The van der Waals surface area contributed by atoms with Gasteiger partial charge in [0.1, 0.15) is 0 Å². The Bertz CT molecular complexity index is 263. The molecule has 1 rings (SSSR count). The molecule has 0 bridgehead atoms. The van der Waals surface area contributed by atoms with E-state index < -0.39 is 10.2 Å². The van der Waals surface area contributed by atoms with Crippen molar-refractivity contribution in [3.63, 3.8) is 0 Å². The van der Waals surface area contributed by atoms with Gasteiger partial charge in [-0.1, -0.05) is 0 Å². The van der Waals surface area contributed by atoms with Crippen LogP contribution >= 0.6 is 0 Å². The van der Waals surface area contributed by atoms with Gasteiger partial charge in [0.05, 0.1) is 0 Å². The molecule has 0 aromatic carbocycles. The number of hydrogen-bond donors (Lipinski definition) is 3. The van der Waals surface area contributed by atoms with E-state index in [9.17, 15) is 13.2 Å². The maximum Gasteiger partial charge on any atom is 0.314 e. The molecule has 2 amide bonds. The number of nitrogens with two attached hydrogens (primary N) is 3. The van der Waals surface area contributed by atoms with Crippen LogP contribution in [0.1, 0.15) is 19.3 Å². The van der Waals surface area contributed by atoms with Gasteiger partial charge in [0.25, 0.3) is 10.2 Å². The summed E-state index contributed by atoms with van der Waals surface area (Å²) in [4.78, 5) is 12.2. The topological polar surface area (TPSA) is 133 Å². The third-order valence-electron chi connectivity index (χ3n) is 1.67. The molecule has 1 saturated heterocycles. The summed E-state index contributed by atoms with van der Waals surface area (Å²) < 4.78 is 18.4. The van der Waals surface area contributed by atoms with Gasteiger partial charge in [-0.15, -0.1) is 0 Å². The standard InChI is InChI=1S/C6H12N2O.H4N2O2S/c7-6(9)8-4-2-1-3-5-8;1-5(2,3)4/h1-5H2,(H2,7,9);(H4,1,2,3,4). The third kappa shape index (κ3) is 9.23. The van der Waals surface area contributed by atoms with E-state index in [-0.39, 0.29) is 6.03 Å². The summed E-state index contributed by atoms with van der Waals surface area (Å²) >= 11 is 0. The predicted octanol–water partition coefficient (Wildman–Crippen LogP) is -1.30. The molecule has 14 heavy (non-hydrogen) atoms. The summed E-state index contributed by atoms with van der Waals surface area (Å²) in [5.74, 6) is 0.